The summed E-state index contributed by atoms with van der Waals surface area (Å²) in [5, 5.41) is 7.52. The van der Waals surface area contributed by atoms with Crippen LogP contribution in [0.3, 0.4) is 0 Å². The van der Waals surface area contributed by atoms with Crippen molar-refractivity contribution in [2.75, 3.05) is 63.1 Å². The third kappa shape index (κ3) is 5.49. The van der Waals surface area contributed by atoms with Crippen molar-refractivity contribution in [3.8, 4) is 11.3 Å². The second kappa shape index (κ2) is 10.9. The molecule has 3 aromatic rings. The molecule has 0 radical (unpaired) electrons. The molecule has 2 aromatic heterocycles. The van der Waals surface area contributed by atoms with Crippen LogP contribution in [0.2, 0.25) is 0 Å². The first-order valence-corrected chi connectivity index (χ1v) is 12.8. The van der Waals surface area contributed by atoms with Crippen LogP contribution in [0.15, 0.2) is 36.8 Å². The van der Waals surface area contributed by atoms with Crippen molar-refractivity contribution in [1.82, 2.24) is 29.5 Å². The maximum absolute atomic E-state index is 14.9. The molecule has 1 aromatic carbocycles. The normalized spacial score (nSPS) is 18.1. The van der Waals surface area contributed by atoms with Crippen LogP contribution in [0.5, 0.6) is 0 Å². The molecule has 4 heterocycles. The second-order valence-electron chi connectivity index (χ2n) is 9.75. The minimum atomic E-state index is -0.519. The van der Waals surface area contributed by atoms with Crippen LogP contribution in [-0.4, -0.2) is 82.4 Å². The topological polar surface area (TPSA) is 65.4 Å². The van der Waals surface area contributed by atoms with Gasteiger partial charge in [0, 0.05) is 56.7 Å². The molecule has 0 atom stereocenters. The van der Waals surface area contributed by atoms with E-state index in [4.69, 9.17) is 0 Å². The zero-order chi connectivity index (χ0) is 25.1. The minimum absolute atomic E-state index is 0.177. The van der Waals surface area contributed by atoms with Crippen LogP contribution >= 0.6 is 0 Å². The molecule has 1 N–H and O–H groups in total. The highest BCUT2D eigenvalue weighted by molar-refractivity contribution is 5.63. The molecular weight excluding hydrogens is 462 g/mol. The first kappa shape index (κ1) is 24.6. The van der Waals surface area contributed by atoms with E-state index in [1.807, 2.05) is 10.9 Å². The lowest BCUT2D eigenvalue weighted by molar-refractivity contribution is 0.180. The lowest BCUT2D eigenvalue weighted by atomic mass is 10.1. The van der Waals surface area contributed by atoms with E-state index in [2.05, 4.69) is 49.1 Å². The molecule has 10 heteroatoms. The minimum Gasteiger partial charge on any atom is -0.367 e. The number of nitrogens with one attached hydrogen (secondary N) is 1. The fraction of sp³-hybridized carbons (Fsp3) is 0.500. The highest BCUT2D eigenvalue weighted by Gasteiger charge is 2.22. The molecule has 36 heavy (non-hydrogen) atoms. The van der Waals surface area contributed by atoms with E-state index in [0.29, 0.717) is 23.0 Å². The van der Waals surface area contributed by atoms with Gasteiger partial charge in [-0.05, 0) is 51.1 Å². The average Bonchev–Trinajstić information content (AvgIpc) is 3.37. The van der Waals surface area contributed by atoms with Crippen molar-refractivity contribution in [3.05, 3.63) is 48.4 Å². The molecular formula is C26H34F2N8. The molecule has 0 unspecified atom stereocenters. The number of hydrogen-bond donors (Lipinski definition) is 1. The summed E-state index contributed by atoms with van der Waals surface area (Å²) < 4.78 is 31.5. The molecule has 0 amide bonds. The second-order valence-corrected chi connectivity index (χ2v) is 9.75. The van der Waals surface area contributed by atoms with Gasteiger partial charge in [0.25, 0.3) is 0 Å². The van der Waals surface area contributed by atoms with E-state index in [-0.39, 0.29) is 17.5 Å². The number of halogens is 2. The average molecular weight is 497 g/mol. The monoisotopic (exact) mass is 496 g/mol. The Morgan fingerprint density at radius 1 is 1.00 bits per heavy atom. The van der Waals surface area contributed by atoms with Crippen molar-refractivity contribution in [2.45, 2.75) is 32.2 Å². The number of likely N-dealkylation sites (tertiary alicyclic amines) is 1. The van der Waals surface area contributed by atoms with Crippen LogP contribution in [0.25, 0.3) is 11.3 Å². The molecule has 0 spiro atoms. The fourth-order valence-corrected chi connectivity index (χ4v) is 5.03. The Labute approximate surface area is 210 Å². The Balaban J connectivity index is 1.28. The molecule has 5 rings (SSSR count). The molecule has 8 nitrogen and oxygen atoms in total. The number of piperazine rings is 1. The molecule has 0 saturated carbocycles. The van der Waals surface area contributed by atoms with Crippen molar-refractivity contribution >= 4 is 17.3 Å². The van der Waals surface area contributed by atoms with Gasteiger partial charge in [-0.2, -0.15) is 5.10 Å². The SMILES string of the molecule is CCCN1CCC(n2cc(-c3nc(Nc4ccc(N5CCN(C)CC5)c(F)c4)ncc3F)cn2)CC1. The van der Waals surface area contributed by atoms with Crippen LogP contribution in [0.4, 0.5) is 26.1 Å². The summed E-state index contributed by atoms with van der Waals surface area (Å²) >= 11 is 0. The summed E-state index contributed by atoms with van der Waals surface area (Å²) in [7, 11) is 2.07. The summed E-state index contributed by atoms with van der Waals surface area (Å²) in [4.78, 5) is 15.2. The van der Waals surface area contributed by atoms with E-state index in [1.165, 1.54) is 6.07 Å². The van der Waals surface area contributed by atoms with Crippen molar-refractivity contribution in [2.24, 2.45) is 0 Å². The lowest BCUT2D eigenvalue weighted by Crippen LogP contribution is -2.44. The van der Waals surface area contributed by atoms with Gasteiger partial charge in [0.15, 0.2) is 5.82 Å². The molecule has 2 fully saturated rings. The van der Waals surface area contributed by atoms with Gasteiger partial charge in [-0.1, -0.05) is 6.92 Å². The van der Waals surface area contributed by atoms with Gasteiger partial charge in [-0.3, -0.25) is 4.68 Å². The molecule has 0 bridgehead atoms. The lowest BCUT2D eigenvalue weighted by Gasteiger charge is -2.34. The van der Waals surface area contributed by atoms with Gasteiger partial charge in [0.05, 0.1) is 24.1 Å². The summed E-state index contributed by atoms with van der Waals surface area (Å²) in [6, 6.07) is 5.30. The van der Waals surface area contributed by atoms with Gasteiger partial charge in [-0.25, -0.2) is 18.7 Å². The summed E-state index contributed by atoms with van der Waals surface area (Å²) in [6.07, 6.45) is 7.86. The number of benzene rings is 1. The number of likely N-dealkylation sites (N-methyl/N-ethyl adjacent to an activating group) is 1. The third-order valence-electron chi connectivity index (χ3n) is 7.14. The first-order chi connectivity index (χ1) is 17.5. The molecule has 0 aliphatic carbocycles. The molecule has 2 aliphatic rings. The Morgan fingerprint density at radius 3 is 2.50 bits per heavy atom. The van der Waals surface area contributed by atoms with Crippen molar-refractivity contribution in [3.63, 3.8) is 0 Å². The quantitative estimate of drug-likeness (QED) is 0.527. The van der Waals surface area contributed by atoms with Crippen LogP contribution in [-0.2, 0) is 0 Å². The largest absolute Gasteiger partial charge is 0.367 e. The van der Waals surface area contributed by atoms with E-state index in [1.54, 1.807) is 18.3 Å². The van der Waals surface area contributed by atoms with Gasteiger partial charge in [-0.15, -0.1) is 0 Å². The highest BCUT2D eigenvalue weighted by Crippen LogP contribution is 2.28. The van der Waals surface area contributed by atoms with E-state index in [0.717, 1.165) is 71.3 Å². The van der Waals surface area contributed by atoms with Gasteiger partial charge >= 0.3 is 0 Å². The Morgan fingerprint density at radius 2 is 1.78 bits per heavy atom. The zero-order valence-corrected chi connectivity index (χ0v) is 21.0. The maximum Gasteiger partial charge on any atom is 0.227 e. The number of anilines is 3. The highest BCUT2D eigenvalue weighted by atomic mass is 19.1. The summed E-state index contributed by atoms with van der Waals surface area (Å²) in [6.45, 7) is 8.81. The van der Waals surface area contributed by atoms with Crippen LogP contribution < -0.4 is 10.2 Å². The molecule has 2 aliphatic heterocycles. The fourth-order valence-electron chi connectivity index (χ4n) is 5.03. The van der Waals surface area contributed by atoms with E-state index < -0.39 is 5.82 Å². The van der Waals surface area contributed by atoms with Crippen molar-refractivity contribution in [1.29, 1.82) is 0 Å². The summed E-state index contributed by atoms with van der Waals surface area (Å²) in [5.41, 5.74) is 1.88. The van der Waals surface area contributed by atoms with Gasteiger partial charge < -0.3 is 20.0 Å². The zero-order valence-electron chi connectivity index (χ0n) is 21.0. The predicted molar refractivity (Wildman–Crippen MR) is 138 cm³/mol. The molecule has 192 valence electrons. The standard InChI is InChI=1S/C26H34F2N8/c1-3-8-34-9-6-21(7-10-34)36-18-19(16-30-36)25-23(28)17-29-26(32-25)31-20-4-5-24(22(27)15-20)35-13-11-33(2)12-14-35/h4-5,15-18,21H,3,6-14H2,1-2H3,(H,29,31,32). The Kier molecular flexibility index (Phi) is 7.43. The number of rotatable bonds is 7. The Bertz CT molecular complexity index is 1170. The first-order valence-electron chi connectivity index (χ1n) is 12.8. The van der Waals surface area contributed by atoms with Gasteiger partial charge in [0.2, 0.25) is 5.95 Å². The smallest absolute Gasteiger partial charge is 0.227 e. The number of aromatic nitrogens is 4. The number of hydrogen-bond acceptors (Lipinski definition) is 7. The third-order valence-corrected chi connectivity index (χ3v) is 7.14. The van der Waals surface area contributed by atoms with Gasteiger partial charge in [0.1, 0.15) is 11.5 Å². The van der Waals surface area contributed by atoms with E-state index >= 15 is 0 Å². The van der Waals surface area contributed by atoms with Crippen molar-refractivity contribution < 1.29 is 8.78 Å². The van der Waals surface area contributed by atoms with Crippen LogP contribution in [0.1, 0.15) is 32.2 Å². The maximum atomic E-state index is 14.9. The predicted octanol–water partition coefficient (Wildman–Crippen LogP) is 4.16. The Hall–Kier alpha value is -3.11. The molecule has 2 saturated heterocycles. The number of piperidine rings is 1. The van der Waals surface area contributed by atoms with E-state index in [9.17, 15) is 8.78 Å². The summed E-state index contributed by atoms with van der Waals surface area (Å²) in [5.74, 6) is -0.619. The number of nitrogens with zero attached hydrogens (tertiary/aromatic N) is 7. The van der Waals surface area contributed by atoms with Crippen LogP contribution in [0, 0.1) is 11.6 Å².